The summed E-state index contributed by atoms with van der Waals surface area (Å²) in [4.78, 5) is 36.1. The molecule has 114 valence electrons. The second-order valence-electron chi connectivity index (χ2n) is 5.77. The minimum Gasteiger partial charge on any atom is -0.481 e. The molecule has 0 aliphatic carbocycles. The predicted octanol–water partition coefficient (Wildman–Crippen LogP) is 1.26. The topological polar surface area (TPSA) is 93.1 Å². The summed E-state index contributed by atoms with van der Waals surface area (Å²) in [6.07, 6.45) is -0.291. The number of piperidine rings is 1. The van der Waals surface area contributed by atoms with E-state index in [4.69, 9.17) is 9.84 Å². The van der Waals surface area contributed by atoms with Crippen molar-refractivity contribution in [1.82, 2.24) is 4.90 Å². The summed E-state index contributed by atoms with van der Waals surface area (Å²) in [7, 11) is 1.21. The molecule has 20 heavy (non-hydrogen) atoms. The van der Waals surface area contributed by atoms with Crippen molar-refractivity contribution in [2.45, 2.75) is 45.3 Å². The Morgan fingerprint density at radius 1 is 1.25 bits per heavy atom. The number of amides is 1. The summed E-state index contributed by atoms with van der Waals surface area (Å²) in [5.74, 6) is -2.25. The number of carbonyl (C=O) groups excluding carboxylic acids is 2. The molecule has 1 N–H and O–H groups in total. The van der Waals surface area contributed by atoms with Gasteiger partial charge >= 0.3 is 18.0 Å². The maximum absolute atomic E-state index is 12.1. The number of likely N-dealkylation sites (tertiary alicyclic amines) is 1. The maximum Gasteiger partial charge on any atom is 0.411 e. The van der Waals surface area contributed by atoms with E-state index in [9.17, 15) is 14.4 Å². The number of carbonyl (C=O) groups is 3. The van der Waals surface area contributed by atoms with Crippen molar-refractivity contribution in [3.8, 4) is 0 Å². The lowest BCUT2D eigenvalue weighted by Crippen LogP contribution is -2.52. The van der Waals surface area contributed by atoms with Crippen LogP contribution in [-0.2, 0) is 19.1 Å². The van der Waals surface area contributed by atoms with Crippen LogP contribution in [0, 0.1) is 5.92 Å². The van der Waals surface area contributed by atoms with Gasteiger partial charge in [0, 0.05) is 6.54 Å². The fraction of sp³-hybridized carbons (Fsp3) is 0.769. The third-order valence-corrected chi connectivity index (χ3v) is 3.05. The molecule has 7 heteroatoms. The van der Waals surface area contributed by atoms with E-state index >= 15 is 0 Å². The molecule has 0 saturated carbocycles. The fourth-order valence-electron chi connectivity index (χ4n) is 2.09. The zero-order chi connectivity index (χ0) is 15.5. The van der Waals surface area contributed by atoms with Crippen LogP contribution in [0.2, 0.25) is 0 Å². The van der Waals surface area contributed by atoms with E-state index in [0.29, 0.717) is 6.42 Å². The molecule has 0 aromatic rings. The summed E-state index contributed by atoms with van der Waals surface area (Å²) < 4.78 is 9.88. The van der Waals surface area contributed by atoms with Crippen LogP contribution in [-0.4, -0.2) is 53.3 Å². The lowest BCUT2D eigenvalue weighted by molar-refractivity contribution is -0.152. The molecular formula is C13H21NO6. The van der Waals surface area contributed by atoms with Gasteiger partial charge in [-0.25, -0.2) is 9.59 Å². The third-order valence-electron chi connectivity index (χ3n) is 3.05. The minimum absolute atomic E-state index is 0.0429. The molecule has 0 radical (unpaired) electrons. The third kappa shape index (κ3) is 4.11. The van der Waals surface area contributed by atoms with Gasteiger partial charge in [0.2, 0.25) is 0 Å². The fourth-order valence-corrected chi connectivity index (χ4v) is 2.09. The Hall–Kier alpha value is -1.79. The second kappa shape index (κ2) is 6.11. The largest absolute Gasteiger partial charge is 0.481 e. The first-order chi connectivity index (χ1) is 9.15. The number of rotatable bonds is 2. The Bertz CT molecular complexity index is 400. The SMILES string of the molecule is COC(=O)[C@@H]1C[C@H](C(=O)O)CCN1C(=O)OC(C)(C)C. The average Bonchev–Trinajstić information content (AvgIpc) is 2.34. The van der Waals surface area contributed by atoms with E-state index in [1.54, 1.807) is 20.8 Å². The van der Waals surface area contributed by atoms with Gasteiger partial charge in [-0.15, -0.1) is 0 Å². The molecule has 1 amide bonds. The molecule has 2 atom stereocenters. The number of hydrogen-bond donors (Lipinski definition) is 1. The minimum atomic E-state index is -0.970. The van der Waals surface area contributed by atoms with Crippen molar-refractivity contribution in [3.63, 3.8) is 0 Å². The van der Waals surface area contributed by atoms with E-state index < -0.39 is 35.6 Å². The van der Waals surface area contributed by atoms with Gasteiger partial charge in [-0.2, -0.15) is 0 Å². The van der Waals surface area contributed by atoms with Crippen molar-refractivity contribution >= 4 is 18.0 Å². The Kier molecular flexibility index (Phi) is 4.97. The normalized spacial score (nSPS) is 23.1. The van der Waals surface area contributed by atoms with Gasteiger partial charge in [0.25, 0.3) is 0 Å². The summed E-state index contributed by atoms with van der Waals surface area (Å²) in [6, 6.07) is -0.912. The van der Waals surface area contributed by atoms with Gasteiger partial charge in [0.15, 0.2) is 0 Å². The highest BCUT2D eigenvalue weighted by Gasteiger charge is 2.40. The molecule has 0 unspecified atom stereocenters. The highest BCUT2D eigenvalue weighted by molar-refractivity contribution is 5.83. The zero-order valence-electron chi connectivity index (χ0n) is 12.2. The standard InChI is InChI=1S/C13H21NO6/c1-13(2,3)20-12(18)14-6-5-8(10(15)16)7-9(14)11(17)19-4/h8-9H,5-7H2,1-4H3,(H,15,16)/t8-,9+/m1/s1. The van der Waals surface area contributed by atoms with Gasteiger partial charge in [0.05, 0.1) is 13.0 Å². The summed E-state index contributed by atoms with van der Waals surface area (Å²) in [6.45, 7) is 5.33. The van der Waals surface area contributed by atoms with E-state index in [2.05, 4.69) is 4.74 Å². The molecule has 1 heterocycles. The lowest BCUT2D eigenvalue weighted by Gasteiger charge is -2.37. The molecule has 0 spiro atoms. The number of methoxy groups -OCH3 is 1. The van der Waals surface area contributed by atoms with Crippen LogP contribution in [0.5, 0.6) is 0 Å². The maximum atomic E-state index is 12.1. The van der Waals surface area contributed by atoms with Crippen LogP contribution in [0.25, 0.3) is 0 Å². The number of esters is 1. The van der Waals surface area contributed by atoms with Crippen molar-refractivity contribution in [2.24, 2.45) is 5.92 Å². The molecule has 1 aliphatic rings. The Labute approximate surface area is 117 Å². The van der Waals surface area contributed by atoms with Gasteiger partial charge < -0.3 is 14.6 Å². The average molecular weight is 287 g/mol. The van der Waals surface area contributed by atoms with Gasteiger partial charge in [0.1, 0.15) is 11.6 Å². The van der Waals surface area contributed by atoms with E-state index in [1.165, 1.54) is 12.0 Å². The van der Waals surface area contributed by atoms with Crippen LogP contribution in [0.15, 0.2) is 0 Å². The number of ether oxygens (including phenoxy) is 2. The van der Waals surface area contributed by atoms with Crippen LogP contribution < -0.4 is 0 Å². The first kappa shape index (κ1) is 16.3. The van der Waals surface area contributed by atoms with Crippen molar-refractivity contribution in [3.05, 3.63) is 0 Å². The van der Waals surface area contributed by atoms with Gasteiger partial charge in [-0.1, -0.05) is 0 Å². The van der Waals surface area contributed by atoms with Crippen LogP contribution >= 0.6 is 0 Å². The molecule has 1 rings (SSSR count). The Morgan fingerprint density at radius 3 is 2.30 bits per heavy atom. The summed E-state index contributed by atoms with van der Waals surface area (Å²) in [5.41, 5.74) is -0.679. The number of carboxylic acids is 1. The molecule has 1 fully saturated rings. The van der Waals surface area contributed by atoms with Gasteiger partial charge in [-0.3, -0.25) is 9.69 Å². The first-order valence-electron chi connectivity index (χ1n) is 6.46. The number of hydrogen-bond acceptors (Lipinski definition) is 5. The van der Waals surface area contributed by atoms with Crippen molar-refractivity contribution < 1.29 is 29.0 Å². The predicted molar refractivity (Wildman–Crippen MR) is 69.1 cm³/mol. The van der Waals surface area contributed by atoms with Crippen LogP contribution in [0.3, 0.4) is 0 Å². The highest BCUT2D eigenvalue weighted by atomic mass is 16.6. The molecule has 0 aromatic carbocycles. The van der Waals surface area contributed by atoms with Crippen molar-refractivity contribution in [2.75, 3.05) is 13.7 Å². The van der Waals surface area contributed by atoms with Crippen molar-refractivity contribution in [1.29, 1.82) is 0 Å². The van der Waals surface area contributed by atoms with E-state index in [-0.39, 0.29) is 13.0 Å². The van der Waals surface area contributed by atoms with Gasteiger partial charge in [-0.05, 0) is 33.6 Å². The zero-order valence-corrected chi connectivity index (χ0v) is 12.2. The van der Waals surface area contributed by atoms with E-state index in [1.807, 2.05) is 0 Å². The molecule has 1 saturated heterocycles. The number of carboxylic acid groups (broad SMARTS) is 1. The second-order valence-corrected chi connectivity index (χ2v) is 5.77. The molecule has 1 aliphatic heterocycles. The molecular weight excluding hydrogens is 266 g/mol. The smallest absolute Gasteiger partial charge is 0.411 e. The lowest BCUT2D eigenvalue weighted by atomic mass is 9.91. The highest BCUT2D eigenvalue weighted by Crippen LogP contribution is 2.26. The van der Waals surface area contributed by atoms with Crippen LogP contribution in [0.4, 0.5) is 4.79 Å². The Balaban J connectivity index is 2.85. The number of nitrogens with zero attached hydrogens (tertiary/aromatic N) is 1. The molecule has 0 aromatic heterocycles. The monoisotopic (exact) mass is 287 g/mol. The first-order valence-corrected chi connectivity index (χ1v) is 6.46. The van der Waals surface area contributed by atoms with Crippen LogP contribution in [0.1, 0.15) is 33.6 Å². The summed E-state index contributed by atoms with van der Waals surface area (Å²) >= 11 is 0. The molecule has 0 bridgehead atoms. The molecule has 7 nitrogen and oxygen atoms in total. The Morgan fingerprint density at radius 2 is 1.85 bits per heavy atom. The quantitative estimate of drug-likeness (QED) is 0.768. The number of aliphatic carboxylic acids is 1. The van der Waals surface area contributed by atoms with E-state index in [0.717, 1.165) is 0 Å². The summed E-state index contributed by atoms with van der Waals surface area (Å²) in [5, 5.41) is 9.04.